The molecule has 0 atom stereocenters. The molecule has 18 heavy (non-hydrogen) atoms. The van der Waals surface area contributed by atoms with Gasteiger partial charge in [-0.3, -0.25) is 4.90 Å². The minimum atomic E-state index is -1.04. The van der Waals surface area contributed by atoms with Crippen LogP contribution in [0.4, 0.5) is 0 Å². The SMILES string of the molecule is CCC1(C)CCN(Cc2cc(C(=O)O)no2)CC1. The molecule has 1 aliphatic rings. The fraction of sp³-hybridized carbons (Fsp3) is 0.692. The fourth-order valence-electron chi connectivity index (χ4n) is 2.31. The van der Waals surface area contributed by atoms with Crippen LogP contribution in [-0.4, -0.2) is 34.2 Å². The Bertz CT molecular complexity index is 420. The van der Waals surface area contributed by atoms with Crippen molar-refractivity contribution in [2.45, 2.75) is 39.7 Å². The zero-order valence-corrected chi connectivity index (χ0v) is 11.0. The van der Waals surface area contributed by atoms with Crippen LogP contribution in [-0.2, 0) is 6.54 Å². The molecule has 0 bridgehead atoms. The molecule has 0 radical (unpaired) electrons. The number of hydrogen-bond donors (Lipinski definition) is 1. The summed E-state index contributed by atoms with van der Waals surface area (Å²) < 4.78 is 5.03. The number of rotatable bonds is 4. The molecule has 5 heteroatoms. The van der Waals surface area contributed by atoms with Gasteiger partial charge in [0.15, 0.2) is 11.5 Å². The van der Waals surface area contributed by atoms with E-state index in [-0.39, 0.29) is 5.69 Å². The van der Waals surface area contributed by atoms with E-state index < -0.39 is 5.97 Å². The van der Waals surface area contributed by atoms with E-state index in [0.717, 1.165) is 13.1 Å². The third-order valence-corrected chi connectivity index (χ3v) is 4.07. The summed E-state index contributed by atoms with van der Waals surface area (Å²) in [6, 6.07) is 1.51. The average molecular weight is 252 g/mol. The van der Waals surface area contributed by atoms with Gasteiger partial charge in [-0.25, -0.2) is 4.79 Å². The zero-order chi connectivity index (χ0) is 13.2. The van der Waals surface area contributed by atoms with E-state index in [1.807, 2.05) is 0 Å². The summed E-state index contributed by atoms with van der Waals surface area (Å²) in [6.07, 6.45) is 3.58. The Morgan fingerprint density at radius 1 is 1.56 bits per heavy atom. The molecule has 0 amide bonds. The summed E-state index contributed by atoms with van der Waals surface area (Å²) in [5.74, 6) is -0.408. The first kappa shape index (κ1) is 13.1. The second-order valence-corrected chi connectivity index (χ2v) is 5.42. The summed E-state index contributed by atoms with van der Waals surface area (Å²) in [5, 5.41) is 12.3. The second kappa shape index (κ2) is 5.10. The highest BCUT2D eigenvalue weighted by molar-refractivity contribution is 5.85. The van der Waals surface area contributed by atoms with E-state index in [0.29, 0.717) is 17.7 Å². The number of carbonyl (C=O) groups is 1. The van der Waals surface area contributed by atoms with Gasteiger partial charge in [-0.1, -0.05) is 25.4 Å². The van der Waals surface area contributed by atoms with E-state index in [1.54, 1.807) is 0 Å². The van der Waals surface area contributed by atoms with Crippen LogP contribution < -0.4 is 0 Å². The number of aromatic nitrogens is 1. The topological polar surface area (TPSA) is 66.6 Å². The molecule has 1 N–H and O–H groups in total. The van der Waals surface area contributed by atoms with Gasteiger partial charge in [-0.05, 0) is 31.3 Å². The molecule has 1 aliphatic heterocycles. The lowest BCUT2D eigenvalue weighted by atomic mass is 9.78. The molecule has 5 nitrogen and oxygen atoms in total. The number of carboxylic acids is 1. The van der Waals surface area contributed by atoms with Gasteiger partial charge in [0.2, 0.25) is 0 Å². The molecule has 0 aliphatic carbocycles. The Balaban J connectivity index is 1.89. The molecule has 2 heterocycles. The largest absolute Gasteiger partial charge is 0.476 e. The van der Waals surface area contributed by atoms with Crippen molar-refractivity contribution >= 4 is 5.97 Å². The average Bonchev–Trinajstić information content (AvgIpc) is 2.81. The lowest BCUT2D eigenvalue weighted by Crippen LogP contribution is -2.37. The maximum Gasteiger partial charge on any atom is 0.358 e. The monoisotopic (exact) mass is 252 g/mol. The van der Waals surface area contributed by atoms with Crippen molar-refractivity contribution in [2.24, 2.45) is 5.41 Å². The Morgan fingerprint density at radius 3 is 2.72 bits per heavy atom. The van der Waals surface area contributed by atoms with Crippen LogP contribution in [0.5, 0.6) is 0 Å². The van der Waals surface area contributed by atoms with Crippen LogP contribution in [0.15, 0.2) is 10.6 Å². The predicted molar refractivity (Wildman–Crippen MR) is 66.4 cm³/mol. The highest BCUT2D eigenvalue weighted by atomic mass is 16.5. The number of hydrogen-bond acceptors (Lipinski definition) is 4. The molecule has 1 aromatic heterocycles. The van der Waals surface area contributed by atoms with Crippen LogP contribution in [0.1, 0.15) is 49.4 Å². The van der Waals surface area contributed by atoms with Crippen molar-refractivity contribution < 1.29 is 14.4 Å². The van der Waals surface area contributed by atoms with Crippen molar-refractivity contribution in [1.82, 2.24) is 10.1 Å². The molecule has 0 aromatic carbocycles. The number of piperidine rings is 1. The maximum atomic E-state index is 10.7. The van der Waals surface area contributed by atoms with Crippen LogP contribution in [0.3, 0.4) is 0 Å². The Hall–Kier alpha value is -1.36. The normalized spacial score (nSPS) is 19.9. The van der Waals surface area contributed by atoms with Crippen molar-refractivity contribution in [3.8, 4) is 0 Å². The van der Waals surface area contributed by atoms with Crippen molar-refractivity contribution in [1.29, 1.82) is 0 Å². The van der Waals surface area contributed by atoms with Crippen LogP contribution >= 0.6 is 0 Å². The lowest BCUT2D eigenvalue weighted by molar-refractivity contribution is 0.0685. The van der Waals surface area contributed by atoms with E-state index in [2.05, 4.69) is 23.9 Å². The Labute approximate surface area is 107 Å². The molecular formula is C13H20N2O3. The van der Waals surface area contributed by atoms with Gasteiger partial charge in [0.05, 0.1) is 6.54 Å². The van der Waals surface area contributed by atoms with Crippen molar-refractivity contribution in [2.75, 3.05) is 13.1 Å². The first-order valence-electron chi connectivity index (χ1n) is 6.44. The zero-order valence-electron chi connectivity index (χ0n) is 11.0. The minimum Gasteiger partial charge on any atom is -0.476 e. The number of aromatic carboxylic acids is 1. The summed E-state index contributed by atoms with van der Waals surface area (Å²) >= 11 is 0. The van der Waals surface area contributed by atoms with Gasteiger partial charge >= 0.3 is 5.97 Å². The van der Waals surface area contributed by atoms with Crippen molar-refractivity contribution in [3.63, 3.8) is 0 Å². The molecule has 0 unspecified atom stereocenters. The Kier molecular flexibility index (Phi) is 3.71. The summed E-state index contributed by atoms with van der Waals surface area (Å²) in [5.41, 5.74) is 0.449. The predicted octanol–water partition coefficient (Wildman–Crippen LogP) is 2.38. The first-order valence-corrected chi connectivity index (χ1v) is 6.44. The van der Waals surface area contributed by atoms with E-state index in [4.69, 9.17) is 9.63 Å². The highest BCUT2D eigenvalue weighted by Gasteiger charge is 2.28. The summed E-state index contributed by atoms with van der Waals surface area (Å²) in [7, 11) is 0. The second-order valence-electron chi connectivity index (χ2n) is 5.42. The third kappa shape index (κ3) is 2.90. The van der Waals surface area contributed by atoms with Gasteiger partial charge in [0.1, 0.15) is 0 Å². The smallest absolute Gasteiger partial charge is 0.358 e. The van der Waals surface area contributed by atoms with Gasteiger partial charge in [0, 0.05) is 6.07 Å². The molecule has 1 aromatic rings. The van der Waals surface area contributed by atoms with Crippen LogP contribution in [0, 0.1) is 5.41 Å². The van der Waals surface area contributed by atoms with Gasteiger partial charge in [-0.15, -0.1) is 0 Å². The maximum absolute atomic E-state index is 10.7. The first-order chi connectivity index (χ1) is 8.52. The van der Waals surface area contributed by atoms with Crippen LogP contribution in [0.25, 0.3) is 0 Å². The molecule has 2 rings (SSSR count). The van der Waals surface area contributed by atoms with E-state index in [9.17, 15) is 4.79 Å². The van der Waals surface area contributed by atoms with Gasteiger partial charge in [-0.2, -0.15) is 0 Å². The quantitative estimate of drug-likeness (QED) is 0.891. The molecule has 1 saturated heterocycles. The standard InChI is InChI=1S/C13H20N2O3/c1-3-13(2)4-6-15(7-5-13)9-10-8-11(12(16)17)14-18-10/h8H,3-7,9H2,1-2H3,(H,16,17). The van der Waals surface area contributed by atoms with E-state index in [1.165, 1.54) is 25.3 Å². The number of nitrogens with zero attached hydrogens (tertiary/aromatic N) is 2. The molecule has 100 valence electrons. The van der Waals surface area contributed by atoms with Gasteiger partial charge in [0.25, 0.3) is 0 Å². The minimum absolute atomic E-state index is 0.0135. The number of likely N-dealkylation sites (tertiary alicyclic amines) is 1. The van der Waals surface area contributed by atoms with Crippen LogP contribution in [0.2, 0.25) is 0 Å². The fourth-order valence-corrected chi connectivity index (χ4v) is 2.31. The molecule has 1 fully saturated rings. The highest BCUT2D eigenvalue weighted by Crippen LogP contribution is 2.34. The molecular weight excluding hydrogens is 232 g/mol. The van der Waals surface area contributed by atoms with Gasteiger partial charge < -0.3 is 9.63 Å². The third-order valence-electron chi connectivity index (χ3n) is 4.07. The van der Waals surface area contributed by atoms with E-state index >= 15 is 0 Å². The Morgan fingerprint density at radius 2 is 2.22 bits per heavy atom. The lowest BCUT2D eigenvalue weighted by Gasteiger charge is -2.38. The summed E-state index contributed by atoms with van der Waals surface area (Å²) in [4.78, 5) is 13.0. The number of carboxylic acid groups (broad SMARTS) is 1. The molecule has 0 spiro atoms. The summed E-state index contributed by atoms with van der Waals surface area (Å²) in [6.45, 7) is 7.30. The molecule has 0 saturated carbocycles. The van der Waals surface area contributed by atoms with Crippen molar-refractivity contribution in [3.05, 3.63) is 17.5 Å².